The Morgan fingerprint density at radius 3 is 2.57 bits per heavy atom. The summed E-state index contributed by atoms with van der Waals surface area (Å²) in [5.41, 5.74) is 1.25. The maximum Gasteiger partial charge on any atom is 0.312 e. The molecule has 0 saturated carbocycles. The molecule has 1 aliphatic heterocycles. The monoisotopic (exact) mass is 414 g/mol. The number of nitrogens with zero attached hydrogens (tertiary/aromatic N) is 2. The number of oxazole rings is 1. The first kappa shape index (κ1) is 21.5. The summed E-state index contributed by atoms with van der Waals surface area (Å²) in [5, 5.41) is 0. The first-order chi connectivity index (χ1) is 14.5. The second-order valence-electron chi connectivity index (χ2n) is 7.17. The molecule has 0 N–H and O–H groups in total. The number of amides is 1. The van der Waals surface area contributed by atoms with Gasteiger partial charge in [-0.25, -0.2) is 4.98 Å². The number of aromatic nitrogens is 1. The number of ether oxygens (including phenoxy) is 2. The molecule has 2 aromatic rings. The van der Waals surface area contributed by atoms with Crippen LogP contribution in [0.4, 0.5) is 0 Å². The number of piperidine rings is 1. The van der Waals surface area contributed by atoms with E-state index in [-0.39, 0.29) is 24.2 Å². The highest BCUT2D eigenvalue weighted by atomic mass is 16.5. The van der Waals surface area contributed by atoms with Gasteiger partial charge in [-0.3, -0.25) is 14.4 Å². The van der Waals surface area contributed by atoms with Gasteiger partial charge in [-0.2, -0.15) is 0 Å². The zero-order valence-electron chi connectivity index (χ0n) is 17.2. The Hall–Kier alpha value is -3.16. The number of hydrogen-bond acceptors (Lipinski definition) is 7. The first-order valence-corrected chi connectivity index (χ1v) is 10.1. The molecule has 3 rings (SSSR count). The van der Waals surface area contributed by atoms with Gasteiger partial charge >= 0.3 is 11.9 Å². The standard InChI is InChI=1S/C22H26N2O6/c1-3-28-22(27)17-9-11-24(12-10-17)21(26)15(2)30-19(25)13-18-14-29-20(23-18)16-7-5-4-6-8-16/h4-8,14-15,17H,3,9-13H2,1-2H3. The zero-order chi connectivity index (χ0) is 21.5. The molecule has 0 radical (unpaired) electrons. The zero-order valence-corrected chi connectivity index (χ0v) is 17.2. The second-order valence-corrected chi connectivity index (χ2v) is 7.17. The third-order valence-corrected chi connectivity index (χ3v) is 4.98. The van der Waals surface area contributed by atoms with Crippen molar-refractivity contribution < 1.29 is 28.3 Å². The summed E-state index contributed by atoms with van der Waals surface area (Å²) in [4.78, 5) is 42.5. The quantitative estimate of drug-likeness (QED) is 0.642. The summed E-state index contributed by atoms with van der Waals surface area (Å²) < 4.78 is 15.7. The topological polar surface area (TPSA) is 98.9 Å². The highest BCUT2D eigenvalue weighted by Crippen LogP contribution is 2.20. The molecule has 1 amide bonds. The van der Waals surface area contributed by atoms with Crippen LogP contribution in [-0.2, 0) is 30.3 Å². The third kappa shape index (κ3) is 5.46. The molecule has 2 heterocycles. The Bertz CT molecular complexity index is 871. The van der Waals surface area contributed by atoms with E-state index in [1.165, 1.54) is 6.26 Å². The first-order valence-electron chi connectivity index (χ1n) is 10.1. The molecule has 1 saturated heterocycles. The molecular formula is C22H26N2O6. The average molecular weight is 414 g/mol. The van der Waals surface area contributed by atoms with Crippen molar-refractivity contribution in [3.8, 4) is 11.5 Å². The van der Waals surface area contributed by atoms with E-state index >= 15 is 0 Å². The predicted molar refractivity (Wildman–Crippen MR) is 107 cm³/mol. The summed E-state index contributed by atoms with van der Waals surface area (Å²) in [7, 11) is 0. The molecule has 1 fully saturated rings. The summed E-state index contributed by atoms with van der Waals surface area (Å²) >= 11 is 0. The van der Waals surface area contributed by atoms with E-state index < -0.39 is 12.1 Å². The summed E-state index contributed by atoms with van der Waals surface area (Å²) in [5.74, 6) is -0.794. The molecular weight excluding hydrogens is 388 g/mol. The van der Waals surface area contributed by atoms with E-state index in [9.17, 15) is 14.4 Å². The van der Waals surface area contributed by atoms with Gasteiger partial charge in [-0.15, -0.1) is 0 Å². The summed E-state index contributed by atoms with van der Waals surface area (Å²) in [6.07, 6.45) is 1.52. The normalized spacial score (nSPS) is 15.5. The van der Waals surface area contributed by atoms with Crippen molar-refractivity contribution in [3.63, 3.8) is 0 Å². The Morgan fingerprint density at radius 2 is 1.90 bits per heavy atom. The maximum absolute atomic E-state index is 12.6. The Balaban J connectivity index is 1.47. The third-order valence-electron chi connectivity index (χ3n) is 4.98. The van der Waals surface area contributed by atoms with Crippen molar-refractivity contribution in [2.24, 2.45) is 5.92 Å². The van der Waals surface area contributed by atoms with Gasteiger partial charge in [0, 0.05) is 18.7 Å². The fourth-order valence-corrected chi connectivity index (χ4v) is 3.39. The van der Waals surface area contributed by atoms with E-state index in [0.717, 1.165) is 5.56 Å². The number of esters is 2. The van der Waals surface area contributed by atoms with Crippen LogP contribution < -0.4 is 0 Å². The maximum atomic E-state index is 12.6. The molecule has 8 nitrogen and oxygen atoms in total. The van der Waals surface area contributed by atoms with Gasteiger partial charge in [0.1, 0.15) is 6.26 Å². The van der Waals surface area contributed by atoms with Crippen LogP contribution in [0.2, 0.25) is 0 Å². The van der Waals surface area contributed by atoms with E-state index in [0.29, 0.717) is 44.1 Å². The van der Waals surface area contributed by atoms with E-state index in [1.807, 2.05) is 30.3 Å². The van der Waals surface area contributed by atoms with Gasteiger partial charge in [0.15, 0.2) is 6.10 Å². The number of hydrogen-bond donors (Lipinski definition) is 0. The van der Waals surface area contributed by atoms with Gasteiger partial charge in [0.05, 0.1) is 24.6 Å². The van der Waals surface area contributed by atoms with Gasteiger partial charge in [-0.05, 0) is 38.8 Å². The van der Waals surface area contributed by atoms with Crippen molar-refractivity contribution in [1.29, 1.82) is 0 Å². The Kier molecular flexibility index (Phi) is 7.21. The Labute approximate surface area is 175 Å². The van der Waals surface area contributed by atoms with Crippen molar-refractivity contribution in [1.82, 2.24) is 9.88 Å². The lowest BCUT2D eigenvalue weighted by molar-refractivity contribution is -0.160. The molecule has 1 aromatic heterocycles. The Morgan fingerprint density at radius 1 is 1.20 bits per heavy atom. The minimum absolute atomic E-state index is 0.0844. The average Bonchev–Trinajstić information content (AvgIpc) is 3.22. The van der Waals surface area contributed by atoms with Crippen molar-refractivity contribution >= 4 is 17.8 Å². The highest BCUT2D eigenvalue weighted by Gasteiger charge is 2.31. The van der Waals surface area contributed by atoms with E-state index in [1.54, 1.807) is 18.7 Å². The minimum Gasteiger partial charge on any atom is -0.466 e. The summed E-state index contributed by atoms with van der Waals surface area (Å²) in [6, 6.07) is 9.36. The molecule has 1 atom stereocenters. The van der Waals surface area contributed by atoms with Crippen LogP contribution in [0.5, 0.6) is 0 Å². The van der Waals surface area contributed by atoms with Gasteiger partial charge in [0.25, 0.3) is 5.91 Å². The van der Waals surface area contributed by atoms with Crippen LogP contribution >= 0.6 is 0 Å². The molecule has 30 heavy (non-hydrogen) atoms. The van der Waals surface area contributed by atoms with Crippen LogP contribution in [0.1, 0.15) is 32.4 Å². The van der Waals surface area contributed by atoms with Crippen molar-refractivity contribution in [2.45, 2.75) is 39.2 Å². The lowest BCUT2D eigenvalue weighted by Crippen LogP contribution is -2.45. The van der Waals surface area contributed by atoms with E-state index in [4.69, 9.17) is 13.9 Å². The van der Waals surface area contributed by atoms with E-state index in [2.05, 4.69) is 4.98 Å². The van der Waals surface area contributed by atoms with Gasteiger partial charge in [0.2, 0.25) is 5.89 Å². The molecule has 1 unspecified atom stereocenters. The second kappa shape index (κ2) is 10.0. The molecule has 1 aromatic carbocycles. The number of carbonyl (C=O) groups is 3. The van der Waals surface area contributed by atoms with Crippen molar-refractivity contribution in [2.75, 3.05) is 19.7 Å². The number of benzene rings is 1. The number of likely N-dealkylation sites (tertiary alicyclic amines) is 1. The van der Waals surface area contributed by atoms with Crippen LogP contribution in [0.3, 0.4) is 0 Å². The molecule has 8 heteroatoms. The lowest BCUT2D eigenvalue weighted by atomic mass is 9.97. The van der Waals surface area contributed by atoms with Gasteiger partial charge < -0.3 is 18.8 Å². The van der Waals surface area contributed by atoms with Crippen molar-refractivity contribution in [3.05, 3.63) is 42.3 Å². The number of rotatable bonds is 7. The fraction of sp³-hybridized carbons (Fsp3) is 0.455. The largest absolute Gasteiger partial charge is 0.466 e. The van der Waals surface area contributed by atoms with Crippen LogP contribution in [-0.4, -0.2) is 53.5 Å². The predicted octanol–water partition coefficient (Wildman–Crippen LogP) is 2.62. The molecule has 0 bridgehead atoms. The lowest BCUT2D eigenvalue weighted by Gasteiger charge is -2.32. The summed E-state index contributed by atoms with van der Waals surface area (Å²) in [6.45, 7) is 4.55. The van der Waals surface area contributed by atoms with Gasteiger partial charge in [-0.1, -0.05) is 18.2 Å². The van der Waals surface area contributed by atoms with Crippen LogP contribution in [0.25, 0.3) is 11.5 Å². The molecule has 1 aliphatic rings. The molecule has 0 aliphatic carbocycles. The van der Waals surface area contributed by atoms with Crippen LogP contribution in [0.15, 0.2) is 41.0 Å². The number of carbonyl (C=O) groups excluding carboxylic acids is 3. The molecule has 160 valence electrons. The van der Waals surface area contributed by atoms with Crippen LogP contribution in [0, 0.1) is 5.92 Å². The highest BCUT2D eigenvalue weighted by molar-refractivity contribution is 5.84. The fourth-order valence-electron chi connectivity index (χ4n) is 3.39. The SMILES string of the molecule is CCOC(=O)C1CCN(C(=O)C(C)OC(=O)Cc2coc(-c3ccccc3)n2)CC1. The smallest absolute Gasteiger partial charge is 0.312 e. The molecule has 0 spiro atoms. The minimum atomic E-state index is -0.905.